The highest BCUT2D eigenvalue weighted by Gasteiger charge is 2.49. The van der Waals surface area contributed by atoms with E-state index in [4.69, 9.17) is 35.5 Å². The van der Waals surface area contributed by atoms with Crippen LogP contribution in [0.5, 0.6) is 0 Å². The van der Waals surface area contributed by atoms with Gasteiger partial charge in [-0.2, -0.15) is 0 Å². The first-order valence-corrected chi connectivity index (χ1v) is 12.5. The number of nitrogens with one attached hydrogen (secondary N) is 3. The molecule has 14 nitrogen and oxygen atoms in total. The summed E-state index contributed by atoms with van der Waals surface area (Å²) < 4.78 is 23.6. The summed E-state index contributed by atoms with van der Waals surface area (Å²) in [6.45, 7) is 1.12. The van der Waals surface area contributed by atoms with E-state index in [0.717, 1.165) is 6.26 Å². The van der Waals surface area contributed by atoms with Gasteiger partial charge in [-0.3, -0.25) is 4.79 Å². The Kier molecular flexibility index (Phi) is 11.5. The highest BCUT2D eigenvalue weighted by molar-refractivity contribution is 5.47. The molecule has 14 heteroatoms. The Bertz CT molecular complexity index is 788. The van der Waals surface area contributed by atoms with Crippen LogP contribution in [0.1, 0.15) is 19.3 Å². The predicted octanol–water partition coefficient (Wildman–Crippen LogP) is -3.36. The number of nitrogens with two attached hydrogens (primary N) is 2. The van der Waals surface area contributed by atoms with E-state index in [2.05, 4.69) is 16.0 Å². The van der Waals surface area contributed by atoms with Gasteiger partial charge in [-0.1, -0.05) is 0 Å². The standard InChI is InChI=1S/C23H41N5O9/c1-26-17-12(9-30)10-34-23(18(17)32)37-21-16(28-11-31)7-15(25)20(19(21)33)36-22-14(24)4-3-13(35-22)8-27-5-2-6-29/h3,9,11,14-23,26-27,29-30,32-33H,2,4-8,10,24-25H2,1H3,(H,28,31)/b12-9-/t14-,15+,16-,17+,18-,19+,20?,21+,22-,23-/m1/s1. The highest BCUT2D eigenvalue weighted by Crippen LogP contribution is 2.31. The highest BCUT2D eigenvalue weighted by atomic mass is 16.7. The molecule has 3 rings (SSSR count). The number of rotatable bonds is 12. The Balaban J connectivity index is 1.69. The number of hydrogen-bond acceptors (Lipinski definition) is 13. The zero-order chi connectivity index (χ0) is 26.9. The van der Waals surface area contributed by atoms with Crippen LogP contribution in [0.15, 0.2) is 23.7 Å². The molecule has 0 aromatic carbocycles. The zero-order valence-electron chi connectivity index (χ0n) is 20.9. The molecule has 2 heterocycles. The second-order valence-electron chi connectivity index (χ2n) is 9.43. The second kappa shape index (κ2) is 14.3. The first kappa shape index (κ1) is 29.7. The number of aliphatic hydroxyl groups is 4. The van der Waals surface area contributed by atoms with Gasteiger partial charge in [0.15, 0.2) is 6.29 Å². The van der Waals surface area contributed by atoms with Gasteiger partial charge < -0.3 is 66.8 Å². The van der Waals surface area contributed by atoms with Crippen molar-refractivity contribution < 1.29 is 44.2 Å². The average Bonchev–Trinajstić information content (AvgIpc) is 2.89. The van der Waals surface area contributed by atoms with E-state index in [1.54, 1.807) is 7.05 Å². The van der Waals surface area contributed by atoms with Crippen molar-refractivity contribution in [3.8, 4) is 0 Å². The quantitative estimate of drug-likeness (QED) is 0.0682. The molecule has 1 aliphatic carbocycles. The Morgan fingerprint density at radius 2 is 1.92 bits per heavy atom. The Morgan fingerprint density at radius 3 is 2.59 bits per heavy atom. The summed E-state index contributed by atoms with van der Waals surface area (Å²) in [7, 11) is 1.62. The van der Waals surface area contributed by atoms with E-state index in [1.807, 2.05) is 6.08 Å². The maximum Gasteiger partial charge on any atom is 0.215 e. The van der Waals surface area contributed by atoms with Crippen LogP contribution < -0.4 is 27.4 Å². The molecule has 212 valence electrons. The molecule has 3 aliphatic rings. The molecular formula is C23H41N5O9. The fourth-order valence-corrected chi connectivity index (χ4v) is 4.81. The average molecular weight is 532 g/mol. The van der Waals surface area contributed by atoms with Crippen LogP contribution in [-0.4, -0.2) is 121 Å². The Labute approximate surface area is 215 Å². The van der Waals surface area contributed by atoms with Crippen molar-refractivity contribution in [1.29, 1.82) is 0 Å². The maximum absolute atomic E-state index is 11.3. The number of amides is 1. The second-order valence-corrected chi connectivity index (χ2v) is 9.43. The summed E-state index contributed by atoms with van der Waals surface area (Å²) in [5.74, 6) is 0.626. The van der Waals surface area contributed by atoms with E-state index in [1.165, 1.54) is 0 Å². The lowest BCUT2D eigenvalue weighted by Gasteiger charge is -2.46. The summed E-state index contributed by atoms with van der Waals surface area (Å²) in [6.07, 6.45) is -2.06. The molecule has 0 radical (unpaired) electrons. The normalized spacial score (nSPS) is 39.6. The fraction of sp³-hybridized carbons (Fsp3) is 0.783. The van der Waals surface area contributed by atoms with Crippen molar-refractivity contribution in [2.45, 2.75) is 80.4 Å². The van der Waals surface area contributed by atoms with E-state index in [9.17, 15) is 20.1 Å². The SMILES string of the molecule is CN[C@H]1/C(=C\O)CO[C@H](O[C@H]2[C@H](NC=O)C[C@H](N)C(O[C@H]3OC(CNCCCO)=CC[C@H]3N)[C@@H]2O)[C@@H]1O. The third-order valence-electron chi connectivity index (χ3n) is 6.84. The van der Waals surface area contributed by atoms with Crippen molar-refractivity contribution in [3.63, 3.8) is 0 Å². The van der Waals surface area contributed by atoms with E-state index < -0.39 is 61.2 Å². The minimum atomic E-state index is -1.33. The summed E-state index contributed by atoms with van der Waals surface area (Å²) in [4.78, 5) is 11.3. The minimum absolute atomic E-state index is 0.00993. The van der Waals surface area contributed by atoms with Gasteiger partial charge in [0.05, 0.1) is 37.5 Å². The van der Waals surface area contributed by atoms with Crippen LogP contribution in [0, 0.1) is 0 Å². The van der Waals surface area contributed by atoms with Crippen molar-refractivity contribution in [1.82, 2.24) is 16.0 Å². The van der Waals surface area contributed by atoms with Crippen LogP contribution in [0.25, 0.3) is 0 Å². The summed E-state index contributed by atoms with van der Waals surface area (Å²) in [5.41, 5.74) is 13.0. The van der Waals surface area contributed by atoms with E-state index >= 15 is 0 Å². The first-order chi connectivity index (χ1) is 17.8. The summed E-state index contributed by atoms with van der Waals surface area (Å²) in [5, 5.41) is 49.0. The van der Waals surface area contributed by atoms with Crippen molar-refractivity contribution >= 4 is 6.41 Å². The maximum atomic E-state index is 11.3. The van der Waals surface area contributed by atoms with E-state index in [-0.39, 0.29) is 19.6 Å². The Morgan fingerprint density at radius 1 is 1.16 bits per heavy atom. The van der Waals surface area contributed by atoms with Crippen molar-refractivity contribution in [2.24, 2.45) is 11.5 Å². The molecule has 0 spiro atoms. The molecule has 11 N–H and O–H groups in total. The molecule has 37 heavy (non-hydrogen) atoms. The van der Waals surface area contributed by atoms with Gasteiger partial charge in [-0.05, 0) is 38.9 Å². The topological polar surface area (TPSA) is 223 Å². The summed E-state index contributed by atoms with van der Waals surface area (Å²) in [6, 6.07) is -2.52. The molecule has 1 unspecified atom stereocenters. The molecule has 0 aromatic rings. The lowest BCUT2D eigenvalue weighted by atomic mass is 9.83. The van der Waals surface area contributed by atoms with Crippen LogP contribution in [0.2, 0.25) is 0 Å². The smallest absolute Gasteiger partial charge is 0.215 e. The van der Waals surface area contributed by atoms with Gasteiger partial charge in [0, 0.05) is 18.2 Å². The van der Waals surface area contributed by atoms with E-state index in [0.29, 0.717) is 43.7 Å². The third-order valence-corrected chi connectivity index (χ3v) is 6.84. The number of carbonyl (C=O) groups excluding carboxylic acids is 1. The largest absolute Gasteiger partial charge is 0.515 e. The van der Waals surface area contributed by atoms with Gasteiger partial charge in [0.25, 0.3) is 0 Å². The van der Waals surface area contributed by atoms with Crippen molar-refractivity contribution in [2.75, 3.05) is 33.4 Å². The van der Waals surface area contributed by atoms with Crippen LogP contribution >= 0.6 is 0 Å². The molecule has 1 saturated carbocycles. The Hall–Kier alpha value is -1.85. The number of likely N-dealkylation sites (N-methyl/N-ethyl adjacent to an activating group) is 1. The van der Waals surface area contributed by atoms with Crippen LogP contribution in [-0.2, 0) is 23.7 Å². The molecule has 1 amide bonds. The minimum Gasteiger partial charge on any atom is -0.515 e. The monoisotopic (exact) mass is 531 g/mol. The molecule has 2 fully saturated rings. The molecule has 10 atom stereocenters. The molecule has 0 aromatic heterocycles. The number of hydrogen-bond donors (Lipinski definition) is 9. The van der Waals surface area contributed by atoms with Crippen molar-refractivity contribution in [3.05, 3.63) is 23.7 Å². The predicted molar refractivity (Wildman–Crippen MR) is 131 cm³/mol. The molecular weight excluding hydrogens is 490 g/mol. The molecule has 0 bridgehead atoms. The number of aliphatic hydroxyl groups excluding tert-OH is 4. The lowest BCUT2D eigenvalue weighted by molar-refractivity contribution is -0.275. The first-order valence-electron chi connectivity index (χ1n) is 12.5. The number of carbonyl (C=O) groups is 1. The van der Waals surface area contributed by atoms with Gasteiger partial charge in [-0.15, -0.1) is 0 Å². The van der Waals surface area contributed by atoms with Crippen LogP contribution in [0.4, 0.5) is 0 Å². The lowest BCUT2D eigenvalue weighted by Crippen LogP contribution is -2.66. The van der Waals surface area contributed by atoms with Gasteiger partial charge in [0.1, 0.15) is 30.2 Å². The van der Waals surface area contributed by atoms with Crippen LogP contribution in [0.3, 0.4) is 0 Å². The number of ether oxygens (including phenoxy) is 4. The third kappa shape index (κ3) is 7.38. The molecule has 1 saturated heterocycles. The zero-order valence-corrected chi connectivity index (χ0v) is 20.9. The molecule has 2 aliphatic heterocycles. The van der Waals surface area contributed by atoms with Gasteiger partial charge in [0.2, 0.25) is 12.7 Å². The fourth-order valence-electron chi connectivity index (χ4n) is 4.81. The van der Waals surface area contributed by atoms with Gasteiger partial charge >= 0.3 is 0 Å². The van der Waals surface area contributed by atoms with Gasteiger partial charge in [-0.25, -0.2) is 0 Å². The summed E-state index contributed by atoms with van der Waals surface area (Å²) >= 11 is 0.